The summed E-state index contributed by atoms with van der Waals surface area (Å²) >= 11 is 18.8. The summed E-state index contributed by atoms with van der Waals surface area (Å²) in [5.41, 5.74) is 8.70. The van der Waals surface area contributed by atoms with Gasteiger partial charge in [-0.25, -0.2) is 0 Å². The first kappa shape index (κ1) is 15.2. The van der Waals surface area contributed by atoms with Crippen molar-refractivity contribution in [2.75, 3.05) is 12.8 Å². The van der Waals surface area contributed by atoms with Crippen molar-refractivity contribution < 1.29 is 4.74 Å². The molecule has 1 heterocycles. The Bertz CT molecular complexity index is 881. The standard InChI is InChI=1S/C16H11Cl3N2O/c1-22-14-3-2-8(4-12(14)20)10-7-21-13-6-9(17)5-11(18)15(13)16(10)19/h2-7H,20H2,1H3. The Labute approximate surface area is 142 Å². The number of fused-ring (bicyclic) bond motifs is 1. The minimum absolute atomic E-state index is 0.461. The number of rotatable bonds is 2. The summed E-state index contributed by atoms with van der Waals surface area (Å²) in [5.74, 6) is 0.610. The van der Waals surface area contributed by atoms with Gasteiger partial charge in [0, 0.05) is 22.2 Å². The van der Waals surface area contributed by atoms with Gasteiger partial charge in [-0.05, 0) is 29.8 Å². The molecule has 0 aliphatic rings. The van der Waals surface area contributed by atoms with Crippen molar-refractivity contribution in [3.05, 3.63) is 51.6 Å². The number of halogens is 3. The van der Waals surface area contributed by atoms with Gasteiger partial charge in [0.2, 0.25) is 0 Å². The zero-order chi connectivity index (χ0) is 15.9. The molecule has 3 rings (SSSR count). The van der Waals surface area contributed by atoms with Crippen molar-refractivity contribution in [1.82, 2.24) is 4.98 Å². The lowest BCUT2D eigenvalue weighted by Crippen LogP contribution is -1.93. The first-order valence-electron chi connectivity index (χ1n) is 6.38. The first-order valence-corrected chi connectivity index (χ1v) is 7.52. The van der Waals surface area contributed by atoms with E-state index in [2.05, 4.69) is 4.98 Å². The summed E-state index contributed by atoms with van der Waals surface area (Å²) in [6, 6.07) is 8.81. The van der Waals surface area contributed by atoms with Crippen molar-refractivity contribution in [2.45, 2.75) is 0 Å². The minimum atomic E-state index is 0.461. The summed E-state index contributed by atoms with van der Waals surface area (Å²) in [6.45, 7) is 0. The van der Waals surface area contributed by atoms with E-state index < -0.39 is 0 Å². The highest BCUT2D eigenvalue weighted by Crippen LogP contribution is 2.39. The van der Waals surface area contributed by atoms with Gasteiger partial charge in [0.1, 0.15) is 5.75 Å². The number of nitrogens with zero attached hydrogens (tertiary/aromatic N) is 1. The van der Waals surface area contributed by atoms with E-state index in [0.717, 1.165) is 11.1 Å². The Hall–Kier alpha value is -1.68. The molecular formula is C16H11Cl3N2O. The normalized spacial score (nSPS) is 10.9. The number of hydrogen-bond acceptors (Lipinski definition) is 3. The summed E-state index contributed by atoms with van der Waals surface area (Å²) < 4.78 is 5.16. The third kappa shape index (κ3) is 2.56. The molecule has 0 aliphatic carbocycles. The average Bonchev–Trinajstić information content (AvgIpc) is 2.46. The number of hydrogen-bond donors (Lipinski definition) is 1. The molecule has 3 aromatic rings. The monoisotopic (exact) mass is 352 g/mol. The van der Waals surface area contributed by atoms with Crippen LogP contribution in [0, 0.1) is 0 Å². The van der Waals surface area contributed by atoms with Gasteiger partial charge in [-0.2, -0.15) is 0 Å². The van der Waals surface area contributed by atoms with Crippen molar-refractivity contribution in [3.8, 4) is 16.9 Å². The second-order valence-electron chi connectivity index (χ2n) is 4.72. The quantitative estimate of drug-likeness (QED) is 0.623. The van der Waals surface area contributed by atoms with Gasteiger partial charge in [0.05, 0.1) is 28.4 Å². The number of pyridine rings is 1. The summed E-state index contributed by atoms with van der Waals surface area (Å²) in [5, 5.41) is 2.15. The van der Waals surface area contributed by atoms with E-state index in [1.807, 2.05) is 6.07 Å². The number of benzene rings is 2. The number of ether oxygens (including phenoxy) is 1. The van der Waals surface area contributed by atoms with Gasteiger partial charge >= 0.3 is 0 Å². The number of nitrogens with two attached hydrogens (primary N) is 1. The van der Waals surface area contributed by atoms with E-state index in [0.29, 0.717) is 37.4 Å². The van der Waals surface area contributed by atoms with Crippen molar-refractivity contribution in [3.63, 3.8) is 0 Å². The Morgan fingerprint density at radius 2 is 1.86 bits per heavy atom. The lowest BCUT2D eigenvalue weighted by Gasteiger charge is -2.11. The van der Waals surface area contributed by atoms with Gasteiger partial charge in [-0.1, -0.05) is 40.9 Å². The fourth-order valence-corrected chi connectivity index (χ4v) is 3.29. The van der Waals surface area contributed by atoms with E-state index >= 15 is 0 Å². The molecule has 0 radical (unpaired) electrons. The highest BCUT2D eigenvalue weighted by molar-refractivity contribution is 6.44. The molecule has 22 heavy (non-hydrogen) atoms. The van der Waals surface area contributed by atoms with E-state index in [9.17, 15) is 0 Å². The average molecular weight is 354 g/mol. The van der Waals surface area contributed by atoms with E-state index in [1.54, 1.807) is 37.6 Å². The fourth-order valence-electron chi connectivity index (χ4n) is 2.31. The minimum Gasteiger partial charge on any atom is -0.495 e. The molecule has 0 saturated heterocycles. The third-order valence-electron chi connectivity index (χ3n) is 3.36. The molecule has 0 spiro atoms. The highest BCUT2D eigenvalue weighted by atomic mass is 35.5. The summed E-state index contributed by atoms with van der Waals surface area (Å²) in [7, 11) is 1.57. The van der Waals surface area contributed by atoms with Gasteiger partial charge in [0.15, 0.2) is 0 Å². The molecule has 1 aromatic heterocycles. The maximum Gasteiger partial charge on any atom is 0.141 e. The zero-order valence-electron chi connectivity index (χ0n) is 11.5. The van der Waals surface area contributed by atoms with E-state index in [1.165, 1.54) is 0 Å². The predicted octanol–water partition coefficient (Wildman–Crippen LogP) is 5.45. The lowest BCUT2D eigenvalue weighted by atomic mass is 10.0. The SMILES string of the molecule is COc1ccc(-c2cnc3cc(Cl)cc(Cl)c3c2Cl)cc1N. The Balaban J connectivity index is 2.24. The topological polar surface area (TPSA) is 48.1 Å². The van der Waals surface area contributed by atoms with E-state index in [-0.39, 0.29) is 0 Å². The fraction of sp³-hybridized carbons (Fsp3) is 0.0625. The Kier molecular flexibility index (Phi) is 4.04. The molecule has 2 aromatic carbocycles. The third-order valence-corrected chi connectivity index (χ3v) is 4.27. The number of aromatic nitrogens is 1. The first-order chi connectivity index (χ1) is 10.5. The number of nitrogen functional groups attached to an aromatic ring is 1. The smallest absolute Gasteiger partial charge is 0.141 e. The van der Waals surface area contributed by atoms with Crippen LogP contribution in [0.3, 0.4) is 0 Å². The molecular weight excluding hydrogens is 343 g/mol. The van der Waals surface area contributed by atoms with Crippen LogP contribution in [0.15, 0.2) is 36.5 Å². The van der Waals surface area contributed by atoms with Crippen LogP contribution < -0.4 is 10.5 Å². The van der Waals surface area contributed by atoms with Crippen LogP contribution in [-0.4, -0.2) is 12.1 Å². The van der Waals surface area contributed by atoms with Gasteiger partial charge < -0.3 is 10.5 Å². The van der Waals surface area contributed by atoms with Crippen LogP contribution in [0.4, 0.5) is 5.69 Å². The van der Waals surface area contributed by atoms with Crippen LogP contribution in [0.2, 0.25) is 15.1 Å². The lowest BCUT2D eigenvalue weighted by molar-refractivity contribution is 0.417. The van der Waals surface area contributed by atoms with Gasteiger partial charge in [0.25, 0.3) is 0 Å². The molecule has 3 nitrogen and oxygen atoms in total. The summed E-state index contributed by atoms with van der Waals surface area (Å²) in [6.07, 6.45) is 1.68. The second kappa shape index (κ2) is 5.84. The second-order valence-corrected chi connectivity index (χ2v) is 5.95. The molecule has 0 aliphatic heterocycles. The molecule has 0 amide bonds. The van der Waals surface area contributed by atoms with E-state index in [4.69, 9.17) is 45.3 Å². The van der Waals surface area contributed by atoms with Crippen LogP contribution in [0.25, 0.3) is 22.0 Å². The summed E-state index contributed by atoms with van der Waals surface area (Å²) in [4.78, 5) is 4.39. The van der Waals surface area contributed by atoms with Gasteiger partial charge in [-0.15, -0.1) is 0 Å². The maximum atomic E-state index is 6.52. The zero-order valence-corrected chi connectivity index (χ0v) is 13.8. The molecule has 112 valence electrons. The van der Waals surface area contributed by atoms with Crippen LogP contribution in [0.5, 0.6) is 5.75 Å². The van der Waals surface area contributed by atoms with Crippen LogP contribution >= 0.6 is 34.8 Å². The van der Waals surface area contributed by atoms with Crippen molar-refractivity contribution >= 4 is 51.4 Å². The van der Waals surface area contributed by atoms with Crippen molar-refractivity contribution in [2.24, 2.45) is 0 Å². The maximum absolute atomic E-state index is 6.52. The van der Waals surface area contributed by atoms with Gasteiger partial charge in [-0.3, -0.25) is 4.98 Å². The largest absolute Gasteiger partial charge is 0.495 e. The number of anilines is 1. The highest BCUT2D eigenvalue weighted by Gasteiger charge is 2.13. The molecule has 0 saturated carbocycles. The Morgan fingerprint density at radius 3 is 2.55 bits per heavy atom. The number of methoxy groups -OCH3 is 1. The molecule has 2 N–H and O–H groups in total. The van der Waals surface area contributed by atoms with Crippen molar-refractivity contribution in [1.29, 1.82) is 0 Å². The molecule has 0 fully saturated rings. The molecule has 0 bridgehead atoms. The molecule has 0 atom stereocenters. The van der Waals surface area contributed by atoms with Crippen LogP contribution in [-0.2, 0) is 0 Å². The Morgan fingerprint density at radius 1 is 1.09 bits per heavy atom. The molecule has 6 heteroatoms. The molecule has 0 unspecified atom stereocenters. The van der Waals surface area contributed by atoms with Crippen LogP contribution in [0.1, 0.15) is 0 Å². The predicted molar refractivity (Wildman–Crippen MR) is 93.2 cm³/mol.